The number of unbranched alkanes of at least 4 members (excludes halogenated alkanes) is 1. The molecule has 35 heavy (non-hydrogen) atoms. The van der Waals surface area contributed by atoms with Gasteiger partial charge in [0.05, 0.1) is 17.0 Å². The number of aliphatic carboxylic acids is 1. The van der Waals surface area contributed by atoms with Crippen LogP contribution in [0.4, 0.5) is 13.2 Å². The third-order valence-corrected chi connectivity index (χ3v) is 7.13. The molecule has 2 unspecified atom stereocenters. The lowest BCUT2D eigenvalue weighted by Gasteiger charge is -2.22. The first-order valence-electron chi connectivity index (χ1n) is 11.1. The summed E-state index contributed by atoms with van der Waals surface area (Å²) in [4.78, 5) is 16.0. The quantitative estimate of drug-likeness (QED) is 0.315. The predicted molar refractivity (Wildman–Crippen MR) is 128 cm³/mol. The molecule has 0 saturated heterocycles. The second kappa shape index (κ2) is 11.6. The van der Waals surface area contributed by atoms with E-state index >= 15 is 0 Å². The molecule has 0 radical (unpaired) electrons. The van der Waals surface area contributed by atoms with Gasteiger partial charge in [0.15, 0.2) is 16.8 Å². The van der Waals surface area contributed by atoms with Crippen LogP contribution >= 0.6 is 0 Å². The van der Waals surface area contributed by atoms with Gasteiger partial charge >= 0.3 is 12.1 Å². The van der Waals surface area contributed by atoms with Crippen LogP contribution in [0.5, 0.6) is 5.75 Å². The van der Waals surface area contributed by atoms with Crippen molar-refractivity contribution in [1.29, 1.82) is 0 Å². The molecule has 186 valence electrons. The Morgan fingerprint density at radius 3 is 2.46 bits per heavy atom. The van der Waals surface area contributed by atoms with Gasteiger partial charge in [0.2, 0.25) is 0 Å². The minimum atomic E-state index is -4.41. The first-order valence-corrected chi connectivity index (χ1v) is 12.3. The molecule has 3 rings (SSSR count). The van der Waals surface area contributed by atoms with Crippen molar-refractivity contribution in [2.45, 2.75) is 49.4 Å². The standard InChI is InChI=1S/C26H26F3NO4S/c1-3-4-8-24(35(33)20-13-14-23(17(2)15-20)34-16-25(31)32)22-7-5-6-21(30-22)18-9-11-19(12-10-18)26(27,28)29/h5-7,9-15,24H,3-4,8,16H2,1-2H3,(H,31,32). The molecule has 1 N–H and O–H groups in total. The van der Waals surface area contributed by atoms with Gasteiger partial charge in [0.25, 0.3) is 0 Å². The highest BCUT2D eigenvalue weighted by Gasteiger charge is 2.31. The molecular formula is C26H26F3NO4S. The number of halogens is 3. The van der Waals surface area contributed by atoms with Crippen molar-refractivity contribution >= 4 is 17.1 Å². The Balaban J connectivity index is 1.89. The molecule has 0 aliphatic rings. The summed E-state index contributed by atoms with van der Waals surface area (Å²) < 4.78 is 57.6. The van der Waals surface area contributed by atoms with Crippen molar-refractivity contribution in [3.8, 4) is 17.0 Å². The maximum Gasteiger partial charge on any atom is 0.416 e. The summed E-state index contributed by atoms with van der Waals surface area (Å²) in [6, 6.07) is 15.0. The van der Waals surface area contributed by atoms with E-state index in [9.17, 15) is 22.5 Å². The average Bonchev–Trinajstić information content (AvgIpc) is 2.83. The number of nitrogens with zero attached hydrogens (tertiary/aromatic N) is 1. The molecule has 0 amide bonds. The molecule has 3 aromatic rings. The summed E-state index contributed by atoms with van der Waals surface area (Å²) in [7, 11) is 0. The van der Waals surface area contributed by atoms with E-state index in [2.05, 4.69) is 4.98 Å². The van der Waals surface area contributed by atoms with Gasteiger partial charge < -0.3 is 14.4 Å². The van der Waals surface area contributed by atoms with Crippen molar-refractivity contribution in [3.63, 3.8) is 0 Å². The van der Waals surface area contributed by atoms with Gasteiger partial charge in [-0.15, -0.1) is 0 Å². The lowest BCUT2D eigenvalue weighted by atomic mass is 10.1. The first kappa shape index (κ1) is 26.6. The Hall–Kier alpha value is -3.04. The van der Waals surface area contributed by atoms with Gasteiger partial charge in [-0.1, -0.05) is 31.5 Å². The summed E-state index contributed by atoms with van der Waals surface area (Å²) in [6.45, 7) is 3.32. The highest BCUT2D eigenvalue weighted by molar-refractivity contribution is 7.91. The lowest BCUT2D eigenvalue weighted by molar-refractivity contribution is -0.139. The van der Waals surface area contributed by atoms with Crippen molar-refractivity contribution < 1.29 is 32.4 Å². The number of aromatic nitrogens is 1. The number of carbonyl (C=O) groups is 1. The minimum absolute atomic E-state index is 0.403. The van der Waals surface area contributed by atoms with Gasteiger partial charge in [-0.3, -0.25) is 0 Å². The predicted octanol–water partition coefficient (Wildman–Crippen LogP) is 6.58. The fraction of sp³-hybridized carbons (Fsp3) is 0.308. The number of carboxylic acids is 1. The Kier molecular flexibility index (Phi) is 8.80. The summed E-state index contributed by atoms with van der Waals surface area (Å²) in [6.07, 6.45) is -2.08. The van der Waals surface area contributed by atoms with E-state index in [0.29, 0.717) is 39.6 Å². The van der Waals surface area contributed by atoms with Crippen molar-refractivity contribution in [2.75, 3.05) is 6.61 Å². The van der Waals surface area contributed by atoms with Crippen molar-refractivity contribution in [1.82, 2.24) is 4.98 Å². The Labute approximate surface area is 205 Å². The van der Waals surface area contributed by atoms with E-state index in [1.165, 1.54) is 12.1 Å². The zero-order chi connectivity index (χ0) is 25.6. The van der Waals surface area contributed by atoms with Gasteiger partial charge in [-0.2, -0.15) is 13.2 Å². The maximum atomic E-state index is 13.6. The number of alkyl halides is 3. The molecule has 5 nitrogen and oxygen atoms in total. The van der Waals surface area contributed by atoms with E-state index in [-0.39, 0.29) is 0 Å². The molecule has 0 bridgehead atoms. The zero-order valence-corrected chi connectivity index (χ0v) is 20.2. The second-order valence-corrected chi connectivity index (χ2v) is 9.70. The number of rotatable bonds is 10. The van der Waals surface area contributed by atoms with Gasteiger partial charge in [0, 0.05) is 12.0 Å². The number of pyridine rings is 1. The highest BCUT2D eigenvalue weighted by atomic mass is 32.2. The van der Waals surface area contributed by atoms with E-state index in [1.807, 2.05) is 6.92 Å². The van der Waals surface area contributed by atoms with E-state index in [1.54, 1.807) is 43.3 Å². The number of hydrogen-bond acceptors (Lipinski definition) is 4. The second-order valence-electron chi connectivity index (χ2n) is 8.06. The van der Waals surface area contributed by atoms with Crippen LogP contribution in [-0.2, 0) is 22.1 Å². The van der Waals surface area contributed by atoms with Gasteiger partial charge in [0.1, 0.15) is 5.75 Å². The smallest absolute Gasteiger partial charge is 0.416 e. The highest BCUT2D eigenvalue weighted by Crippen LogP contribution is 2.35. The van der Waals surface area contributed by atoms with Crippen LogP contribution in [-0.4, -0.2) is 27.2 Å². The SMILES string of the molecule is CCCCC(c1cccc(-c2ccc(C(F)(F)F)cc2)n1)[S+]([O-])c1ccc(OCC(=O)O)c(C)c1. The van der Waals surface area contributed by atoms with Gasteiger partial charge in [-0.05, 0) is 72.5 Å². The van der Waals surface area contributed by atoms with Crippen LogP contribution in [0.3, 0.4) is 0 Å². The Morgan fingerprint density at radius 1 is 1.14 bits per heavy atom. The number of benzene rings is 2. The molecule has 2 atom stereocenters. The number of carboxylic acid groups (broad SMARTS) is 1. The molecular weight excluding hydrogens is 479 g/mol. The average molecular weight is 506 g/mol. The summed E-state index contributed by atoms with van der Waals surface area (Å²) in [5.74, 6) is -0.684. The van der Waals surface area contributed by atoms with Crippen LogP contribution in [0.2, 0.25) is 0 Å². The van der Waals surface area contributed by atoms with Crippen LogP contribution in [0, 0.1) is 6.92 Å². The van der Waals surface area contributed by atoms with Crippen molar-refractivity contribution in [2.24, 2.45) is 0 Å². The van der Waals surface area contributed by atoms with Crippen LogP contribution < -0.4 is 4.74 Å². The largest absolute Gasteiger partial charge is 0.611 e. The van der Waals surface area contributed by atoms with Crippen LogP contribution in [0.15, 0.2) is 65.6 Å². The van der Waals surface area contributed by atoms with E-state index < -0.39 is 40.7 Å². The normalized spacial score (nSPS) is 13.3. The van der Waals surface area contributed by atoms with Crippen LogP contribution in [0.1, 0.15) is 48.3 Å². The molecule has 0 fully saturated rings. The number of ether oxygens (including phenoxy) is 1. The zero-order valence-electron chi connectivity index (χ0n) is 19.3. The monoisotopic (exact) mass is 505 g/mol. The molecule has 0 saturated carbocycles. The van der Waals surface area contributed by atoms with E-state index in [0.717, 1.165) is 25.0 Å². The molecule has 1 heterocycles. The maximum absolute atomic E-state index is 13.6. The molecule has 0 aliphatic carbocycles. The third-order valence-electron chi connectivity index (χ3n) is 5.42. The fourth-order valence-electron chi connectivity index (χ4n) is 3.59. The summed E-state index contributed by atoms with van der Waals surface area (Å²) in [5.41, 5.74) is 1.57. The molecule has 9 heteroatoms. The summed E-state index contributed by atoms with van der Waals surface area (Å²) >= 11 is -1.47. The molecule has 0 spiro atoms. The first-order chi connectivity index (χ1) is 16.6. The summed E-state index contributed by atoms with van der Waals surface area (Å²) in [5, 5.41) is 8.39. The van der Waals surface area contributed by atoms with Crippen molar-refractivity contribution in [3.05, 3.63) is 77.5 Å². The molecule has 0 aliphatic heterocycles. The number of aryl methyl sites for hydroxylation is 1. The fourth-order valence-corrected chi connectivity index (χ4v) is 5.14. The van der Waals surface area contributed by atoms with Crippen LogP contribution in [0.25, 0.3) is 11.3 Å². The minimum Gasteiger partial charge on any atom is -0.611 e. The lowest BCUT2D eigenvalue weighted by Crippen LogP contribution is -2.16. The van der Waals surface area contributed by atoms with E-state index in [4.69, 9.17) is 9.84 Å². The number of hydrogen-bond donors (Lipinski definition) is 1. The third kappa shape index (κ3) is 6.99. The molecule has 1 aromatic heterocycles. The van der Waals surface area contributed by atoms with Gasteiger partial charge in [-0.25, -0.2) is 9.78 Å². The Bertz CT molecular complexity index is 1150. The topological polar surface area (TPSA) is 82.5 Å². The molecule has 2 aromatic carbocycles. The Morgan fingerprint density at radius 2 is 1.86 bits per heavy atom.